The van der Waals surface area contributed by atoms with E-state index in [1.807, 2.05) is 0 Å². The van der Waals surface area contributed by atoms with E-state index in [-0.39, 0.29) is 5.54 Å². The smallest absolute Gasteiger partial charge is 0.164 e. The predicted octanol–water partition coefficient (Wildman–Crippen LogP) is 1.40. The lowest BCUT2D eigenvalue weighted by atomic mass is 9.73. The number of hydrogen-bond donors (Lipinski definition) is 2. The van der Waals surface area contributed by atoms with Gasteiger partial charge in [0.2, 0.25) is 0 Å². The number of rotatable bonds is 2. The lowest BCUT2D eigenvalue weighted by molar-refractivity contribution is 0.180. The number of hydrogen-bond acceptors (Lipinski definition) is 1. The van der Waals surface area contributed by atoms with Crippen molar-refractivity contribution in [3.05, 3.63) is 0 Å². The molecule has 0 amide bonds. The average Bonchev–Trinajstić information content (AvgIpc) is 1.50. The van der Waals surface area contributed by atoms with Crippen molar-refractivity contribution in [3.8, 4) is 0 Å². The van der Waals surface area contributed by atoms with Gasteiger partial charge in [-0.05, 0) is 44.8 Å². The zero-order valence-corrected chi connectivity index (χ0v) is 8.00. The molecule has 0 aromatic carbocycles. The normalized spacial score (nSPS) is 19.1. The Kier molecular flexibility index (Phi) is 2.37. The van der Waals surface area contributed by atoms with E-state index in [4.69, 9.17) is 18.0 Å². The van der Waals surface area contributed by atoms with Crippen molar-refractivity contribution >= 4 is 17.3 Å². The first-order valence-electron chi connectivity index (χ1n) is 4.10. The van der Waals surface area contributed by atoms with Crippen molar-refractivity contribution in [3.63, 3.8) is 0 Å². The molecule has 0 heterocycles. The minimum Gasteiger partial charge on any atom is -0.376 e. The molecule has 2 nitrogen and oxygen atoms in total. The van der Waals surface area contributed by atoms with Crippen molar-refractivity contribution in [1.29, 1.82) is 0 Å². The van der Waals surface area contributed by atoms with Gasteiger partial charge >= 0.3 is 0 Å². The van der Waals surface area contributed by atoms with Crippen LogP contribution in [0.5, 0.6) is 0 Å². The minimum absolute atomic E-state index is 0.101. The third-order valence-electron chi connectivity index (χ3n) is 2.57. The molecule has 64 valence electrons. The van der Waals surface area contributed by atoms with Gasteiger partial charge in [-0.3, -0.25) is 0 Å². The van der Waals surface area contributed by atoms with E-state index in [0.29, 0.717) is 5.11 Å². The highest BCUT2D eigenvalue weighted by Gasteiger charge is 2.33. The third kappa shape index (κ3) is 2.06. The first kappa shape index (κ1) is 8.78. The van der Waals surface area contributed by atoms with Crippen LogP contribution in [0.2, 0.25) is 0 Å². The fraction of sp³-hybridized carbons (Fsp3) is 0.875. The highest BCUT2D eigenvalue weighted by Crippen LogP contribution is 2.35. The first-order valence-corrected chi connectivity index (χ1v) is 4.51. The van der Waals surface area contributed by atoms with Crippen LogP contribution in [0.3, 0.4) is 0 Å². The topological polar surface area (TPSA) is 38.0 Å². The third-order valence-corrected chi connectivity index (χ3v) is 2.67. The molecule has 1 fully saturated rings. The number of nitrogens with one attached hydrogen (secondary N) is 1. The summed E-state index contributed by atoms with van der Waals surface area (Å²) < 4.78 is 0. The van der Waals surface area contributed by atoms with Crippen LogP contribution in [0.4, 0.5) is 0 Å². The van der Waals surface area contributed by atoms with Gasteiger partial charge in [-0.2, -0.15) is 0 Å². The van der Waals surface area contributed by atoms with E-state index in [9.17, 15) is 0 Å². The molecule has 3 N–H and O–H groups in total. The van der Waals surface area contributed by atoms with E-state index in [1.165, 1.54) is 19.3 Å². The van der Waals surface area contributed by atoms with Gasteiger partial charge in [0, 0.05) is 5.54 Å². The van der Waals surface area contributed by atoms with Crippen LogP contribution in [0.1, 0.15) is 33.1 Å². The van der Waals surface area contributed by atoms with E-state index in [2.05, 4.69) is 19.2 Å². The number of nitrogens with two attached hydrogens (primary N) is 1. The van der Waals surface area contributed by atoms with Crippen LogP contribution in [0.15, 0.2) is 0 Å². The Hall–Kier alpha value is -0.310. The largest absolute Gasteiger partial charge is 0.376 e. The molecule has 0 aromatic heterocycles. The molecule has 0 radical (unpaired) electrons. The summed E-state index contributed by atoms with van der Waals surface area (Å²) in [4.78, 5) is 0. The van der Waals surface area contributed by atoms with Crippen LogP contribution in [0, 0.1) is 5.92 Å². The highest BCUT2D eigenvalue weighted by molar-refractivity contribution is 7.80. The molecular formula is C8H16N2S. The molecule has 11 heavy (non-hydrogen) atoms. The maximum atomic E-state index is 5.42. The van der Waals surface area contributed by atoms with Gasteiger partial charge in [0.05, 0.1) is 0 Å². The zero-order valence-electron chi connectivity index (χ0n) is 7.18. The lowest BCUT2D eigenvalue weighted by Gasteiger charge is -2.41. The Morgan fingerprint density at radius 2 is 2.09 bits per heavy atom. The highest BCUT2D eigenvalue weighted by atomic mass is 32.1. The molecule has 1 saturated carbocycles. The van der Waals surface area contributed by atoms with Crippen LogP contribution >= 0.6 is 12.2 Å². The standard InChI is InChI=1S/C8H16N2S/c1-8(2,10-7(9)11)6-4-3-5-6/h6H,3-5H2,1-2H3,(H3,9,10,11). The Bertz CT molecular complexity index is 161. The monoisotopic (exact) mass is 172 g/mol. The molecule has 1 aliphatic carbocycles. The second kappa shape index (κ2) is 2.97. The minimum atomic E-state index is 0.101. The number of thiocarbonyl (C=S) groups is 1. The first-order chi connectivity index (χ1) is 5.02. The Morgan fingerprint density at radius 1 is 1.55 bits per heavy atom. The Morgan fingerprint density at radius 3 is 2.36 bits per heavy atom. The summed E-state index contributed by atoms with van der Waals surface area (Å²) in [5.74, 6) is 0.754. The van der Waals surface area contributed by atoms with E-state index in [0.717, 1.165) is 5.92 Å². The second-order valence-corrected chi connectivity index (χ2v) is 4.28. The summed E-state index contributed by atoms with van der Waals surface area (Å²) in [5.41, 5.74) is 5.52. The van der Waals surface area contributed by atoms with Crippen molar-refractivity contribution in [2.45, 2.75) is 38.6 Å². The molecule has 0 unspecified atom stereocenters. The molecular weight excluding hydrogens is 156 g/mol. The molecule has 1 rings (SSSR count). The van der Waals surface area contributed by atoms with E-state index < -0.39 is 0 Å². The van der Waals surface area contributed by atoms with Gasteiger partial charge in [0.1, 0.15) is 0 Å². The molecule has 0 atom stereocenters. The molecule has 3 heteroatoms. The van der Waals surface area contributed by atoms with Crippen LogP contribution in [0.25, 0.3) is 0 Å². The molecule has 0 aromatic rings. The summed E-state index contributed by atoms with van der Waals surface area (Å²) in [5, 5.41) is 3.55. The molecule has 0 saturated heterocycles. The fourth-order valence-corrected chi connectivity index (χ4v) is 1.81. The van der Waals surface area contributed by atoms with Gasteiger partial charge in [-0.1, -0.05) is 6.42 Å². The predicted molar refractivity (Wildman–Crippen MR) is 51.3 cm³/mol. The van der Waals surface area contributed by atoms with Crippen molar-refractivity contribution < 1.29 is 0 Å². The van der Waals surface area contributed by atoms with Gasteiger partial charge in [0.15, 0.2) is 5.11 Å². The van der Waals surface area contributed by atoms with Crippen molar-refractivity contribution in [2.75, 3.05) is 0 Å². The second-order valence-electron chi connectivity index (χ2n) is 3.84. The fourth-order valence-electron chi connectivity index (χ4n) is 1.55. The molecule has 1 aliphatic rings. The Balaban J connectivity index is 2.43. The molecule has 0 aliphatic heterocycles. The average molecular weight is 172 g/mol. The maximum absolute atomic E-state index is 5.42. The van der Waals surface area contributed by atoms with E-state index in [1.54, 1.807) is 0 Å². The molecule has 0 bridgehead atoms. The lowest BCUT2D eigenvalue weighted by Crippen LogP contribution is -2.52. The van der Waals surface area contributed by atoms with Crippen LogP contribution < -0.4 is 11.1 Å². The zero-order chi connectivity index (χ0) is 8.48. The summed E-state index contributed by atoms with van der Waals surface area (Å²) in [6.07, 6.45) is 3.97. The van der Waals surface area contributed by atoms with E-state index >= 15 is 0 Å². The van der Waals surface area contributed by atoms with Gasteiger partial charge in [0.25, 0.3) is 0 Å². The quantitative estimate of drug-likeness (QED) is 0.618. The van der Waals surface area contributed by atoms with Gasteiger partial charge in [-0.15, -0.1) is 0 Å². The van der Waals surface area contributed by atoms with Crippen molar-refractivity contribution in [2.24, 2.45) is 11.7 Å². The summed E-state index contributed by atoms with van der Waals surface area (Å²) in [6, 6.07) is 0. The van der Waals surface area contributed by atoms with Gasteiger partial charge in [-0.25, -0.2) is 0 Å². The van der Waals surface area contributed by atoms with Crippen molar-refractivity contribution in [1.82, 2.24) is 5.32 Å². The SMILES string of the molecule is CC(C)(NC(N)=S)C1CCC1. The summed E-state index contributed by atoms with van der Waals surface area (Å²) >= 11 is 4.80. The Labute approximate surface area is 73.5 Å². The molecule has 0 spiro atoms. The summed E-state index contributed by atoms with van der Waals surface area (Å²) in [7, 11) is 0. The van der Waals surface area contributed by atoms with Crippen LogP contribution in [-0.4, -0.2) is 10.7 Å². The van der Waals surface area contributed by atoms with Gasteiger partial charge < -0.3 is 11.1 Å². The van der Waals surface area contributed by atoms with Crippen LogP contribution in [-0.2, 0) is 0 Å². The summed E-state index contributed by atoms with van der Waals surface area (Å²) in [6.45, 7) is 4.33. The maximum Gasteiger partial charge on any atom is 0.164 e.